The van der Waals surface area contributed by atoms with Crippen molar-refractivity contribution >= 4 is 52.5 Å². The second-order valence-corrected chi connectivity index (χ2v) is 27.6. The molecule has 516 valence electrons. The summed E-state index contributed by atoms with van der Waals surface area (Å²) in [5.74, 6) is 2.65. The lowest BCUT2D eigenvalue weighted by Crippen LogP contribution is -2.64. The van der Waals surface area contributed by atoms with Crippen molar-refractivity contribution in [3.05, 3.63) is 53.9 Å². The van der Waals surface area contributed by atoms with Gasteiger partial charge in [-0.15, -0.1) is 0 Å². The number of anilines is 1. The third kappa shape index (κ3) is 33.7. The highest BCUT2D eigenvalue weighted by molar-refractivity contribution is 7.99. The highest BCUT2D eigenvalue weighted by atomic mass is 32.2. The minimum atomic E-state index is -0.208. The molecule has 4 unspecified atom stereocenters. The maximum absolute atomic E-state index is 11.8. The molecule has 89 heavy (non-hydrogen) atoms. The Morgan fingerprint density at radius 2 is 1.51 bits per heavy atom. The molecule has 1 aromatic heterocycles. The van der Waals surface area contributed by atoms with E-state index >= 15 is 0 Å². The quantitative estimate of drug-likeness (QED) is 0.0276. The molecule has 1 amide bonds. The third-order valence-electron chi connectivity index (χ3n) is 17.7. The summed E-state index contributed by atoms with van der Waals surface area (Å²) < 4.78 is 18.6. The van der Waals surface area contributed by atoms with Gasteiger partial charge in [0, 0.05) is 109 Å². The van der Waals surface area contributed by atoms with Crippen molar-refractivity contribution in [2.45, 2.75) is 277 Å². The first-order chi connectivity index (χ1) is 42.4. The zero-order valence-electron chi connectivity index (χ0n) is 61.0. The summed E-state index contributed by atoms with van der Waals surface area (Å²) in [4.78, 5) is 42.1. The van der Waals surface area contributed by atoms with Crippen LogP contribution in [0.4, 0.5) is 5.69 Å². The van der Waals surface area contributed by atoms with Crippen LogP contribution in [0.25, 0.3) is 10.9 Å². The fourth-order valence-electron chi connectivity index (χ4n) is 11.5. The van der Waals surface area contributed by atoms with Crippen LogP contribution in [-0.2, 0) is 48.0 Å². The first-order valence-corrected chi connectivity index (χ1v) is 36.2. The first kappa shape index (κ1) is 85.4. The number of morpholine rings is 1. The van der Waals surface area contributed by atoms with Crippen LogP contribution in [0.1, 0.15) is 239 Å². The Bertz CT molecular complexity index is 2210. The van der Waals surface area contributed by atoms with Gasteiger partial charge in [0.25, 0.3) is 0 Å². The lowest BCUT2D eigenvalue weighted by atomic mass is 9.81. The number of ketones is 1. The van der Waals surface area contributed by atoms with Gasteiger partial charge in [0.1, 0.15) is 12.1 Å². The Morgan fingerprint density at radius 3 is 1.96 bits per heavy atom. The van der Waals surface area contributed by atoms with Crippen molar-refractivity contribution in [1.82, 2.24) is 25.2 Å². The summed E-state index contributed by atoms with van der Waals surface area (Å²) in [5.41, 5.74) is 19.5. The SMILES string of the molecule is C=CNNC(C)CCCCCC.CC(C)=O.CC=O.CCC1(CC)COC1.CCCC1(CC)COCCN1C(C(N)=O)C(C)C.CCCN(CCC)C1CC1.CCn1c(C/C=C(/C)C=NCC(C)OC)c(CC(C)(C)CC)c2cc(N3CCSCC3)ccc21. The summed E-state index contributed by atoms with van der Waals surface area (Å²) in [7, 11) is 1.74. The molecule has 1 aliphatic carbocycles. The number of nitrogens with zero attached hydrogens (tertiary/aromatic N) is 5. The van der Waals surface area contributed by atoms with Crippen LogP contribution in [-0.4, -0.2) is 153 Å². The van der Waals surface area contributed by atoms with Crippen LogP contribution in [0.5, 0.6) is 0 Å². The number of aldehydes is 1. The highest BCUT2D eigenvalue weighted by Gasteiger charge is 2.44. The average molecular weight is 1270 g/mol. The lowest BCUT2D eigenvalue weighted by molar-refractivity contribution is -0.140. The number of hydrogen-bond donors (Lipinski definition) is 3. The number of rotatable bonds is 32. The van der Waals surface area contributed by atoms with Crippen molar-refractivity contribution in [3.8, 4) is 0 Å². The number of carbonyl (C=O) groups is 3. The van der Waals surface area contributed by atoms with E-state index in [0.717, 1.165) is 83.8 Å². The molecule has 0 spiro atoms. The molecule has 6 rings (SSSR count). The van der Waals surface area contributed by atoms with Crippen molar-refractivity contribution in [3.63, 3.8) is 0 Å². The van der Waals surface area contributed by atoms with Crippen LogP contribution in [0, 0.1) is 16.7 Å². The van der Waals surface area contributed by atoms with Crippen molar-refractivity contribution in [2.75, 3.05) is 89.2 Å². The van der Waals surface area contributed by atoms with E-state index in [0.29, 0.717) is 31.2 Å². The van der Waals surface area contributed by atoms with Crippen LogP contribution in [0.15, 0.2) is 47.6 Å². The Kier molecular flexibility index (Phi) is 47.1. The molecule has 4 fully saturated rings. The Balaban J connectivity index is 0.00000117. The van der Waals surface area contributed by atoms with Gasteiger partial charge >= 0.3 is 0 Å². The first-order valence-electron chi connectivity index (χ1n) is 35.0. The molecule has 0 radical (unpaired) electrons. The molecular formula is C74H138N8O6S. The van der Waals surface area contributed by atoms with E-state index < -0.39 is 0 Å². The van der Waals surface area contributed by atoms with Crippen LogP contribution < -0.4 is 21.5 Å². The number of unbranched alkanes of at least 4 members (excludes halogenated alkanes) is 3. The number of hydrogen-bond acceptors (Lipinski definition) is 13. The number of aryl methyl sites for hydroxylation is 1. The zero-order valence-corrected chi connectivity index (χ0v) is 61.8. The number of primary amides is 1. The number of ether oxygens (including phenoxy) is 3. The van der Waals surface area contributed by atoms with Gasteiger partial charge in [-0.25, -0.2) is 5.43 Å². The van der Waals surface area contributed by atoms with Gasteiger partial charge < -0.3 is 49.3 Å². The fourth-order valence-corrected chi connectivity index (χ4v) is 12.4. The standard InChI is InChI=1S/C29H45N3OS.C14H28N2O2.C10H22N2.C9H19N.C7H14O.C3H6O.C2H4O/c1-8-29(5,6)19-26-25-18-24(31-14-16-34-17-15-31)11-13-27(25)32(9-2)28(26)12-10-22(3)20-30-21-23(4)33-7;1-5-7-14(6-2)10-18-9-8-16(14)12(11(3)4)13(15)17;1-4-6-7-8-9-10(3)12-11-5-2;1-3-7-10(8-4-2)9-5-6-9;1-3-7(4-2)5-8-6-7;1-3(2)4;1-2-3/h10-11,13,18,20,23H,8-9,12,14-17,19,21H2,1-7H3;11-12H,5-10H2,1-4H3,(H2,15,17);5,10-12H,2,4,6-9H2,1,3H3;9H,3-8H2,1-2H3;3-6H2,1-2H3;1-2H3;2H,1H3/b22-10-,30-20?;;;;;;. The number of nitrogens with two attached hydrogens (primary N) is 1. The van der Waals surface area contributed by atoms with E-state index in [1.54, 1.807) is 13.3 Å². The molecule has 0 bridgehead atoms. The summed E-state index contributed by atoms with van der Waals surface area (Å²) in [6, 6.07) is 8.52. The maximum atomic E-state index is 11.8. The molecule has 4 heterocycles. The molecule has 3 saturated heterocycles. The van der Waals surface area contributed by atoms with E-state index in [1.165, 1.54) is 156 Å². The van der Waals surface area contributed by atoms with E-state index in [2.05, 4.69) is 189 Å². The number of methoxy groups -OCH3 is 1. The number of thioether (sulfide) groups is 1. The molecule has 4 N–H and O–H groups in total. The van der Waals surface area contributed by atoms with Crippen molar-refractivity contribution in [1.29, 1.82) is 0 Å². The minimum absolute atomic E-state index is 0.0169. The van der Waals surface area contributed by atoms with Gasteiger partial charge in [-0.3, -0.25) is 14.7 Å². The Hall–Kier alpha value is -3.57. The van der Waals surface area contributed by atoms with Gasteiger partial charge in [0.2, 0.25) is 5.91 Å². The van der Waals surface area contributed by atoms with Crippen LogP contribution >= 0.6 is 11.8 Å². The lowest BCUT2D eigenvalue weighted by Gasteiger charge is -2.50. The number of fused-ring (bicyclic) bond motifs is 1. The molecule has 1 aromatic carbocycles. The normalized spacial score (nSPS) is 18.3. The highest BCUT2D eigenvalue weighted by Crippen LogP contribution is 2.38. The number of allylic oxidation sites excluding steroid dienone is 2. The summed E-state index contributed by atoms with van der Waals surface area (Å²) >= 11 is 2.07. The molecule has 1 saturated carbocycles. The van der Waals surface area contributed by atoms with Gasteiger partial charge in [-0.05, 0) is 166 Å². The van der Waals surface area contributed by atoms with Gasteiger partial charge in [-0.1, -0.05) is 134 Å². The summed E-state index contributed by atoms with van der Waals surface area (Å²) in [6.45, 7) is 54.4. The molecular weight excluding hydrogens is 1130 g/mol. The second kappa shape index (κ2) is 49.1. The minimum Gasteiger partial charge on any atom is -0.380 e. The predicted molar refractivity (Wildman–Crippen MR) is 387 cm³/mol. The topological polar surface area (TPSA) is 156 Å². The number of carbonyl (C=O) groups excluding carboxylic acids is 3. The molecule has 4 atom stereocenters. The molecule has 4 aliphatic rings. The summed E-state index contributed by atoms with van der Waals surface area (Å²) in [6.07, 6.45) is 28.0. The van der Waals surface area contributed by atoms with E-state index in [9.17, 15) is 9.59 Å². The predicted octanol–water partition coefficient (Wildman–Crippen LogP) is 16.0. The van der Waals surface area contributed by atoms with Crippen LogP contribution in [0.2, 0.25) is 0 Å². The molecule has 2 aromatic rings. The van der Waals surface area contributed by atoms with Crippen molar-refractivity contribution in [2.24, 2.45) is 27.5 Å². The number of nitrogens with one attached hydrogen (secondary N) is 2. The van der Waals surface area contributed by atoms with Gasteiger partial charge in [0.05, 0.1) is 45.1 Å². The smallest absolute Gasteiger partial charge is 0.235 e. The van der Waals surface area contributed by atoms with Crippen molar-refractivity contribution < 1.29 is 28.6 Å². The van der Waals surface area contributed by atoms with Gasteiger partial charge in [-0.2, -0.15) is 11.8 Å². The molecule has 14 nitrogen and oxygen atoms in total. The number of hydrazine groups is 1. The summed E-state index contributed by atoms with van der Waals surface area (Å²) in [5, 5.41) is 1.45. The van der Waals surface area contributed by atoms with E-state index in [4.69, 9.17) is 24.7 Å². The second-order valence-electron chi connectivity index (χ2n) is 26.4. The number of aromatic nitrogens is 1. The maximum Gasteiger partial charge on any atom is 0.235 e. The molecule has 15 heteroatoms. The Labute approximate surface area is 551 Å². The number of benzene rings is 1. The Morgan fingerprint density at radius 1 is 0.888 bits per heavy atom. The number of aliphatic imine (C=N–C) groups is 1. The van der Waals surface area contributed by atoms with Gasteiger partial charge in [0.15, 0.2) is 0 Å². The molecule has 3 aliphatic heterocycles. The van der Waals surface area contributed by atoms with Crippen LogP contribution in [0.3, 0.4) is 0 Å². The zero-order chi connectivity index (χ0) is 67.4. The number of Topliss-reactive ketones (excluding diaryl/α,β-unsaturated/α-hetero) is 1. The third-order valence-corrected chi connectivity index (χ3v) is 18.6. The average Bonchev–Trinajstić information content (AvgIpc) is 1.81. The van der Waals surface area contributed by atoms with E-state index in [-0.39, 0.29) is 40.7 Å². The largest absolute Gasteiger partial charge is 0.380 e. The monoisotopic (exact) mass is 1270 g/mol. The van der Waals surface area contributed by atoms with E-state index in [1.807, 2.05) is 6.21 Å². The fraction of sp³-hybridized carbons (Fsp3) is 0.784. The number of amides is 1.